The zero-order valence-corrected chi connectivity index (χ0v) is 17.0. The monoisotopic (exact) mass is 345 g/mol. The first-order valence-electron chi connectivity index (χ1n) is 8.57. The molecule has 0 atom stereocenters. The maximum absolute atomic E-state index is 3.85. The summed E-state index contributed by atoms with van der Waals surface area (Å²) in [4.78, 5) is 0. The van der Waals surface area contributed by atoms with Gasteiger partial charge >= 0.3 is 0 Å². The van der Waals surface area contributed by atoms with Crippen molar-refractivity contribution in [1.82, 2.24) is 0 Å². The smallest absolute Gasteiger partial charge is 0.0626 e. The van der Waals surface area contributed by atoms with Crippen LogP contribution in [0.1, 0.15) is 0 Å². The van der Waals surface area contributed by atoms with E-state index in [0.717, 1.165) is 0 Å². The molecule has 0 bridgehead atoms. The van der Waals surface area contributed by atoms with E-state index in [1.807, 2.05) is 0 Å². The van der Waals surface area contributed by atoms with E-state index in [1.165, 1.54) is 20.7 Å². The Morgan fingerprint density at radius 3 is 1.25 bits per heavy atom. The van der Waals surface area contributed by atoms with E-state index in [9.17, 15) is 0 Å². The van der Waals surface area contributed by atoms with Crippen LogP contribution in [0.25, 0.3) is 0 Å². The average Bonchev–Trinajstić information content (AvgIpc) is 2.63. The highest BCUT2D eigenvalue weighted by molar-refractivity contribution is 7.02. The van der Waals surface area contributed by atoms with Crippen molar-refractivity contribution in [2.24, 2.45) is 0 Å². The zero-order chi connectivity index (χ0) is 17.2. The first-order valence-corrected chi connectivity index (χ1v) is 14.6. The van der Waals surface area contributed by atoms with Crippen LogP contribution in [0.15, 0.2) is 78.9 Å². The van der Waals surface area contributed by atoms with Gasteiger partial charge in [0.25, 0.3) is 0 Å². The molecule has 0 aliphatic heterocycles. The van der Waals surface area contributed by atoms with Crippen LogP contribution in [0.4, 0.5) is 0 Å². The molecule has 1 radical (unpaired) electrons. The first-order chi connectivity index (χ1) is 11.4. The van der Waals surface area contributed by atoms with E-state index >= 15 is 0 Å². The van der Waals surface area contributed by atoms with Gasteiger partial charge in [0.15, 0.2) is 0 Å². The predicted molar refractivity (Wildman–Crippen MR) is 112 cm³/mol. The normalized spacial score (nSPS) is 12.2. The van der Waals surface area contributed by atoms with Gasteiger partial charge in [0.2, 0.25) is 0 Å². The lowest BCUT2D eigenvalue weighted by molar-refractivity contribution is 1.65. The van der Waals surface area contributed by atoms with Crippen molar-refractivity contribution in [2.75, 3.05) is 0 Å². The lowest BCUT2D eigenvalue weighted by Crippen LogP contribution is -2.58. The minimum Gasteiger partial charge on any atom is -0.0626 e. The summed E-state index contributed by atoms with van der Waals surface area (Å²) < 4.78 is 0. The van der Waals surface area contributed by atoms with E-state index in [-0.39, 0.29) is 0 Å². The van der Waals surface area contributed by atoms with Crippen molar-refractivity contribution >= 4 is 36.9 Å². The summed E-state index contributed by atoms with van der Waals surface area (Å²) in [5.74, 6) is 0. The molecule has 121 valence electrons. The lowest BCUT2D eigenvalue weighted by atomic mass is 10.3. The minimum absolute atomic E-state index is 1.41. The van der Waals surface area contributed by atoms with E-state index < -0.39 is 16.1 Å². The predicted octanol–water partition coefficient (Wildman–Crippen LogP) is 3.13. The summed E-state index contributed by atoms with van der Waals surface area (Å²) in [6.07, 6.45) is 0. The molecule has 0 fully saturated rings. The lowest BCUT2D eigenvalue weighted by Gasteiger charge is -2.28. The second-order valence-electron chi connectivity index (χ2n) is 7.46. The van der Waals surface area contributed by atoms with E-state index in [1.54, 1.807) is 0 Å². The molecule has 24 heavy (non-hydrogen) atoms. The van der Waals surface area contributed by atoms with Gasteiger partial charge in [-0.2, -0.15) is 0 Å². The molecule has 0 unspecified atom stereocenters. The van der Waals surface area contributed by atoms with Crippen molar-refractivity contribution in [3.05, 3.63) is 84.9 Å². The maximum atomic E-state index is 3.85. The molecule has 0 nitrogen and oxygen atoms in total. The van der Waals surface area contributed by atoms with Gasteiger partial charge in [0.1, 0.15) is 16.1 Å². The molecule has 3 aromatic rings. The molecule has 0 N–H and O–H groups in total. The van der Waals surface area contributed by atoms with Crippen molar-refractivity contribution in [1.29, 1.82) is 0 Å². The van der Waals surface area contributed by atoms with Gasteiger partial charge in [-0.1, -0.05) is 115 Å². The number of benzene rings is 3. The molecule has 0 saturated carbocycles. The molecule has 0 aliphatic carbocycles. The Morgan fingerprint density at radius 1 is 0.500 bits per heavy atom. The Hall–Kier alpha value is -1.91. The van der Waals surface area contributed by atoms with Crippen LogP contribution in [0.5, 0.6) is 0 Å². The molecule has 3 aromatic carbocycles. The van der Waals surface area contributed by atoms with E-state index in [2.05, 4.69) is 111 Å². The van der Waals surface area contributed by atoms with Gasteiger partial charge in [-0.3, -0.25) is 0 Å². The summed E-state index contributed by atoms with van der Waals surface area (Å²) in [6, 6.07) is 32.5. The van der Waals surface area contributed by atoms with Crippen LogP contribution in [0.2, 0.25) is 26.2 Å². The molecule has 0 heterocycles. The molecular formula is C22H25Si2. The Bertz CT molecular complexity index is 739. The van der Waals surface area contributed by atoms with Crippen molar-refractivity contribution in [3.63, 3.8) is 0 Å². The fraction of sp³-hybridized carbons (Fsp3) is 0.182. The van der Waals surface area contributed by atoms with Gasteiger partial charge in [-0.25, -0.2) is 0 Å². The molecule has 2 heteroatoms. The Labute approximate surface area is 148 Å². The third-order valence-electron chi connectivity index (χ3n) is 5.13. The van der Waals surface area contributed by atoms with Crippen LogP contribution in [-0.4, -0.2) is 16.1 Å². The van der Waals surface area contributed by atoms with Crippen LogP contribution >= 0.6 is 0 Å². The highest BCUT2D eigenvalue weighted by Gasteiger charge is 2.30. The van der Waals surface area contributed by atoms with Crippen molar-refractivity contribution in [2.45, 2.75) is 26.2 Å². The van der Waals surface area contributed by atoms with E-state index in [0.29, 0.717) is 0 Å². The van der Waals surface area contributed by atoms with Gasteiger partial charge in [-0.15, -0.1) is 0 Å². The topological polar surface area (TPSA) is 0 Å². The standard InChI is InChI=1S/C22H25Si2/c1-23(2,19-12-7-5-8-13-19)21-16-11-17-22(18-21)24(3,4)20-14-9-6-10-15-20/h5-17H,1-4H3. The average molecular weight is 346 g/mol. The molecule has 0 amide bonds. The van der Waals surface area contributed by atoms with Crippen LogP contribution in [0, 0.1) is 6.07 Å². The molecular weight excluding hydrogens is 320 g/mol. The quantitative estimate of drug-likeness (QED) is 0.637. The Morgan fingerprint density at radius 2 is 0.875 bits per heavy atom. The summed E-state index contributed by atoms with van der Waals surface area (Å²) >= 11 is 0. The zero-order valence-electron chi connectivity index (χ0n) is 15.0. The Kier molecular flexibility index (Phi) is 4.61. The first kappa shape index (κ1) is 16.9. The largest absolute Gasteiger partial charge is 0.113 e. The van der Waals surface area contributed by atoms with Gasteiger partial charge in [0, 0.05) is 0 Å². The summed E-state index contributed by atoms with van der Waals surface area (Å²) in [5.41, 5.74) is 0. The second-order valence-corrected chi connectivity index (χ2v) is 16.2. The van der Waals surface area contributed by atoms with E-state index in [4.69, 9.17) is 0 Å². The van der Waals surface area contributed by atoms with Gasteiger partial charge < -0.3 is 0 Å². The van der Waals surface area contributed by atoms with Crippen LogP contribution in [0.3, 0.4) is 0 Å². The number of hydrogen-bond acceptors (Lipinski definition) is 0. The molecule has 0 aromatic heterocycles. The fourth-order valence-electron chi connectivity index (χ4n) is 3.22. The summed E-state index contributed by atoms with van der Waals surface area (Å²) in [7, 11) is -3.40. The number of hydrogen-bond donors (Lipinski definition) is 0. The van der Waals surface area contributed by atoms with Crippen molar-refractivity contribution in [3.8, 4) is 0 Å². The maximum Gasteiger partial charge on any atom is 0.113 e. The summed E-state index contributed by atoms with van der Waals surface area (Å²) in [6.45, 7) is 9.70. The SMILES string of the molecule is C[Si](C)(c1[c]c([Si](C)(C)c2ccccc2)ccc1)c1ccccc1. The summed E-state index contributed by atoms with van der Waals surface area (Å²) in [5, 5.41) is 5.75. The minimum atomic E-state index is -1.70. The van der Waals surface area contributed by atoms with Gasteiger partial charge in [0.05, 0.1) is 0 Å². The van der Waals surface area contributed by atoms with Crippen molar-refractivity contribution < 1.29 is 0 Å². The molecule has 3 rings (SSSR count). The fourth-order valence-corrected chi connectivity index (χ4v) is 7.94. The van der Waals surface area contributed by atoms with Gasteiger partial charge in [-0.05, 0) is 16.4 Å². The third kappa shape index (κ3) is 3.17. The highest BCUT2D eigenvalue weighted by Crippen LogP contribution is 2.07. The highest BCUT2D eigenvalue weighted by atomic mass is 28.3. The molecule has 0 saturated heterocycles. The van der Waals surface area contributed by atoms with Crippen LogP contribution in [-0.2, 0) is 0 Å². The second kappa shape index (κ2) is 6.54. The Balaban J connectivity index is 2.04. The molecule has 0 aliphatic rings. The third-order valence-corrected chi connectivity index (χ3v) is 12.0. The van der Waals surface area contributed by atoms with Crippen LogP contribution < -0.4 is 20.7 Å². The molecule has 0 spiro atoms. The number of rotatable bonds is 4.